The molecule has 5 nitrogen and oxygen atoms in total. The third-order valence-electron chi connectivity index (χ3n) is 3.46. The number of benzene rings is 1. The van der Waals surface area contributed by atoms with Gasteiger partial charge in [0.25, 0.3) is 11.8 Å². The molecular formula is C14H15ClN2O3. The monoisotopic (exact) mass is 294 g/mol. The third kappa shape index (κ3) is 2.41. The lowest BCUT2D eigenvalue weighted by molar-refractivity contribution is -0.143. The molecule has 2 rings (SSSR count). The van der Waals surface area contributed by atoms with Crippen molar-refractivity contribution in [1.29, 1.82) is 0 Å². The fourth-order valence-corrected chi connectivity index (χ4v) is 2.25. The first kappa shape index (κ1) is 14.5. The maximum atomic E-state index is 12.6. The van der Waals surface area contributed by atoms with E-state index in [9.17, 15) is 14.4 Å². The summed E-state index contributed by atoms with van der Waals surface area (Å²) in [4.78, 5) is 37.3. The van der Waals surface area contributed by atoms with Crippen molar-refractivity contribution in [3.63, 3.8) is 0 Å². The second-order valence-electron chi connectivity index (χ2n) is 5.29. The first-order valence-electron chi connectivity index (χ1n) is 6.16. The lowest BCUT2D eigenvalue weighted by atomic mass is 9.96. The molecule has 0 aliphatic carbocycles. The van der Waals surface area contributed by atoms with Crippen molar-refractivity contribution < 1.29 is 14.4 Å². The van der Waals surface area contributed by atoms with Crippen LogP contribution in [-0.4, -0.2) is 34.7 Å². The van der Waals surface area contributed by atoms with Crippen LogP contribution in [0.4, 0.5) is 0 Å². The maximum absolute atomic E-state index is 12.6. The van der Waals surface area contributed by atoms with Gasteiger partial charge in [-0.25, -0.2) is 0 Å². The number of halogens is 1. The van der Waals surface area contributed by atoms with Gasteiger partial charge in [-0.15, -0.1) is 0 Å². The molecule has 1 aliphatic heterocycles. The molecule has 0 unspecified atom stereocenters. The predicted molar refractivity (Wildman–Crippen MR) is 74.5 cm³/mol. The van der Waals surface area contributed by atoms with Crippen molar-refractivity contribution in [3.8, 4) is 0 Å². The van der Waals surface area contributed by atoms with Crippen LogP contribution < -0.4 is 5.32 Å². The minimum atomic E-state index is -1.08. The van der Waals surface area contributed by atoms with Crippen LogP contribution in [0, 0.1) is 6.92 Å². The van der Waals surface area contributed by atoms with E-state index >= 15 is 0 Å². The van der Waals surface area contributed by atoms with E-state index in [2.05, 4.69) is 5.32 Å². The molecule has 3 amide bonds. The number of carbonyl (C=O) groups is 3. The van der Waals surface area contributed by atoms with E-state index in [1.54, 1.807) is 39.0 Å². The zero-order valence-corrected chi connectivity index (χ0v) is 12.2. The molecule has 1 saturated heterocycles. The van der Waals surface area contributed by atoms with E-state index in [0.29, 0.717) is 10.6 Å². The molecule has 0 spiro atoms. The molecule has 0 aromatic heterocycles. The summed E-state index contributed by atoms with van der Waals surface area (Å²) in [6.45, 7) is 4.84. The van der Waals surface area contributed by atoms with E-state index in [1.165, 1.54) is 4.90 Å². The van der Waals surface area contributed by atoms with Gasteiger partial charge in [0.15, 0.2) is 0 Å². The Kier molecular flexibility index (Phi) is 3.56. The Morgan fingerprint density at radius 3 is 2.65 bits per heavy atom. The first-order chi connectivity index (χ1) is 9.23. The van der Waals surface area contributed by atoms with Crippen LogP contribution in [0.3, 0.4) is 0 Å². The van der Waals surface area contributed by atoms with Gasteiger partial charge in [-0.1, -0.05) is 17.7 Å². The van der Waals surface area contributed by atoms with E-state index in [-0.39, 0.29) is 12.5 Å². The highest BCUT2D eigenvalue weighted by molar-refractivity contribution is 6.31. The average molecular weight is 295 g/mol. The molecule has 0 saturated carbocycles. The zero-order valence-electron chi connectivity index (χ0n) is 11.5. The molecule has 0 bridgehead atoms. The van der Waals surface area contributed by atoms with Gasteiger partial charge < -0.3 is 4.90 Å². The number of piperazine rings is 1. The average Bonchev–Trinajstić information content (AvgIpc) is 2.36. The number of aryl methyl sites for hydroxylation is 1. The Morgan fingerprint density at radius 1 is 1.35 bits per heavy atom. The Morgan fingerprint density at radius 2 is 2.00 bits per heavy atom. The molecular weight excluding hydrogens is 280 g/mol. The van der Waals surface area contributed by atoms with Gasteiger partial charge in [0.05, 0.1) is 0 Å². The number of imide groups is 1. The summed E-state index contributed by atoms with van der Waals surface area (Å²) in [5.74, 6) is -1.35. The zero-order chi connectivity index (χ0) is 15.1. The highest BCUT2D eigenvalue weighted by Crippen LogP contribution is 2.24. The van der Waals surface area contributed by atoms with Crippen LogP contribution in [0.15, 0.2) is 18.2 Å². The van der Waals surface area contributed by atoms with Crippen molar-refractivity contribution >= 4 is 29.3 Å². The number of carbonyl (C=O) groups excluding carboxylic acids is 3. The maximum Gasteiger partial charge on any atom is 0.255 e. The third-order valence-corrected chi connectivity index (χ3v) is 3.70. The van der Waals surface area contributed by atoms with Gasteiger partial charge in [0.2, 0.25) is 5.91 Å². The SMILES string of the molecule is Cc1ccc(Cl)cc1C(=O)N1CC(=O)NC(=O)C1(C)C. The summed E-state index contributed by atoms with van der Waals surface area (Å²) in [7, 11) is 0. The predicted octanol–water partition coefficient (Wildman–Crippen LogP) is 1.53. The van der Waals surface area contributed by atoms with Crippen LogP contribution in [-0.2, 0) is 9.59 Å². The number of amides is 3. The second-order valence-corrected chi connectivity index (χ2v) is 5.72. The molecule has 1 aliphatic rings. The van der Waals surface area contributed by atoms with Crippen LogP contribution >= 0.6 is 11.6 Å². The second kappa shape index (κ2) is 4.90. The molecule has 1 fully saturated rings. The topological polar surface area (TPSA) is 66.5 Å². The van der Waals surface area contributed by atoms with E-state index in [4.69, 9.17) is 11.6 Å². The van der Waals surface area contributed by atoms with E-state index in [1.807, 2.05) is 0 Å². The van der Waals surface area contributed by atoms with Gasteiger partial charge in [-0.3, -0.25) is 19.7 Å². The molecule has 0 atom stereocenters. The highest BCUT2D eigenvalue weighted by Gasteiger charge is 2.43. The van der Waals surface area contributed by atoms with Gasteiger partial charge in [0, 0.05) is 10.6 Å². The van der Waals surface area contributed by atoms with Gasteiger partial charge in [-0.05, 0) is 38.5 Å². The van der Waals surface area contributed by atoms with Gasteiger partial charge >= 0.3 is 0 Å². The number of nitrogens with zero attached hydrogens (tertiary/aromatic N) is 1. The van der Waals surface area contributed by atoms with Crippen LogP contribution in [0.1, 0.15) is 29.8 Å². The molecule has 1 heterocycles. The van der Waals surface area contributed by atoms with Crippen molar-refractivity contribution in [2.45, 2.75) is 26.3 Å². The first-order valence-corrected chi connectivity index (χ1v) is 6.53. The lowest BCUT2D eigenvalue weighted by Crippen LogP contribution is -2.65. The molecule has 1 aromatic rings. The Bertz CT molecular complexity index is 610. The van der Waals surface area contributed by atoms with Crippen LogP contribution in [0.25, 0.3) is 0 Å². The number of hydrogen-bond donors (Lipinski definition) is 1. The molecule has 106 valence electrons. The van der Waals surface area contributed by atoms with Crippen molar-refractivity contribution in [2.24, 2.45) is 0 Å². The number of rotatable bonds is 1. The standard InChI is InChI=1S/C14H15ClN2O3/c1-8-4-5-9(15)6-10(8)12(19)17-7-11(18)16-13(20)14(17,2)3/h4-6H,7H2,1-3H3,(H,16,18,20). The summed E-state index contributed by atoms with van der Waals surface area (Å²) < 4.78 is 0. The summed E-state index contributed by atoms with van der Waals surface area (Å²) >= 11 is 5.91. The Balaban J connectivity index is 2.43. The summed E-state index contributed by atoms with van der Waals surface area (Å²) in [6, 6.07) is 4.97. The van der Waals surface area contributed by atoms with Crippen LogP contribution in [0.5, 0.6) is 0 Å². The minimum absolute atomic E-state index is 0.149. The largest absolute Gasteiger partial charge is 0.315 e. The quantitative estimate of drug-likeness (QED) is 0.799. The van der Waals surface area contributed by atoms with Gasteiger partial charge in [0.1, 0.15) is 12.1 Å². The van der Waals surface area contributed by atoms with E-state index < -0.39 is 17.4 Å². The lowest BCUT2D eigenvalue weighted by Gasteiger charge is -2.40. The summed E-state index contributed by atoms with van der Waals surface area (Å²) in [5, 5.41) is 2.67. The molecule has 0 radical (unpaired) electrons. The van der Waals surface area contributed by atoms with Crippen molar-refractivity contribution in [2.75, 3.05) is 6.54 Å². The normalized spacial score (nSPS) is 17.9. The molecule has 1 aromatic carbocycles. The highest BCUT2D eigenvalue weighted by atomic mass is 35.5. The Labute approximate surface area is 121 Å². The smallest absolute Gasteiger partial charge is 0.255 e. The molecule has 6 heteroatoms. The minimum Gasteiger partial charge on any atom is -0.315 e. The number of nitrogens with one attached hydrogen (secondary N) is 1. The molecule has 20 heavy (non-hydrogen) atoms. The van der Waals surface area contributed by atoms with Crippen LogP contribution in [0.2, 0.25) is 5.02 Å². The molecule has 1 N–H and O–H groups in total. The van der Waals surface area contributed by atoms with Crippen molar-refractivity contribution in [3.05, 3.63) is 34.3 Å². The summed E-state index contributed by atoms with van der Waals surface area (Å²) in [5.41, 5.74) is 0.0569. The fraction of sp³-hybridized carbons (Fsp3) is 0.357. The number of hydrogen-bond acceptors (Lipinski definition) is 3. The fourth-order valence-electron chi connectivity index (χ4n) is 2.08. The Hall–Kier alpha value is -1.88. The van der Waals surface area contributed by atoms with Gasteiger partial charge in [-0.2, -0.15) is 0 Å². The van der Waals surface area contributed by atoms with Crippen molar-refractivity contribution in [1.82, 2.24) is 10.2 Å². The van der Waals surface area contributed by atoms with E-state index in [0.717, 1.165) is 5.56 Å². The summed E-state index contributed by atoms with van der Waals surface area (Å²) in [6.07, 6.45) is 0.